The highest BCUT2D eigenvalue weighted by molar-refractivity contribution is 6.32. The number of nitrogens with one attached hydrogen (secondary N) is 1. The summed E-state index contributed by atoms with van der Waals surface area (Å²) in [7, 11) is 0. The fourth-order valence-corrected chi connectivity index (χ4v) is 1.74. The molecule has 0 fully saturated rings. The third-order valence-corrected chi connectivity index (χ3v) is 2.39. The van der Waals surface area contributed by atoms with Crippen molar-refractivity contribution in [2.24, 2.45) is 0 Å². The fourth-order valence-electron chi connectivity index (χ4n) is 1.33. The molecule has 92 valence electrons. The van der Waals surface area contributed by atoms with Crippen molar-refractivity contribution >= 4 is 34.9 Å². The molecule has 0 unspecified atom stereocenters. The van der Waals surface area contributed by atoms with Crippen LogP contribution in [0.25, 0.3) is 0 Å². The van der Waals surface area contributed by atoms with Gasteiger partial charge in [-0.2, -0.15) is 0 Å². The average molecular weight is 283 g/mol. The van der Waals surface area contributed by atoms with Crippen molar-refractivity contribution in [3.05, 3.63) is 46.6 Å². The summed E-state index contributed by atoms with van der Waals surface area (Å²) < 4.78 is 0. The first kappa shape index (κ1) is 12.7. The second-order valence-corrected chi connectivity index (χ2v) is 4.16. The first-order valence-electron chi connectivity index (χ1n) is 5.02. The summed E-state index contributed by atoms with van der Waals surface area (Å²) in [6.07, 6.45) is 3.47. The number of hydrogen-bond acceptors (Lipinski definition) is 4. The Hall–Kier alpha value is -1.72. The number of hydrogen-bond donors (Lipinski definition) is 1. The minimum absolute atomic E-state index is 0.0147. The van der Waals surface area contributed by atoms with E-state index in [2.05, 4.69) is 20.3 Å². The van der Waals surface area contributed by atoms with Gasteiger partial charge in [0, 0.05) is 18.5 Å². The Kier molecular flexibility index (Phi) is 4.07. The standard InChI is InChI=1S/C11H8Cl2N4O/c12-8-5-9(17-11(13)15-8)16-10(18)4-7-2-1-3-14-6-7/h1-3,5-6H,4H2,(H,15,16,17,18). The predicted molar refractivity (Wildman–Crippen MR) is 68.6 cm³/mol. The van der Waals surface area contributed by atoms with Crippen LogP contribution in [-0.2, 0) is 11.2 Å². The minimum atomic E-state index is -0.228. The van der Waals surface area contributed by atoms with Crippen molar-refractivity contribution in [1.82, 2.24) is 15.0 Å². The van der Waals surface area contributed by atoms with Crippen molar-refractivity contribution in [3.8, 4) is 0 Å². The zero-order valence-corrected chi connectivity index (χ0v) is 10.6. The second kappa shape index (κ2) is 5.75. The minimum Gasteiger partial charge on any atom is -0.310 e. The van der Waals surface area contributed by atoms with Gasteiger partial charge in [0.1, 0.15) is 11.0 Å². The number of pyridine rings is 1. The fraction of sp³-hybridized carbons (Fsp3) is 0.0909. The first-order valence-corrected chi connectivity index (χ1v) is 5.78. The molecule has 2 rings (SSSR count). The molecule has 0 radical (unpaired) electrons. The van der Waals surface area contributed by atoms with Gasteiger partial charge in [-0.1, -0.05) is 17.7 Å². The number of carbonyl (C=O) groups is 1. The molecule has 5 nitrogen and oxygen atoms in total. The molecule has 0 aliphatic rings. The Balaban J connectivity index is 2.03. The van der Waals surface area contributed by atoms with E-state index in [-0.39, 0.29) is 28.6 Å². The van der Waals surface area contributed by atoms with Crippen LogP contribution in [0.1, 0.15) is 5.56 Å². The van der Waals surface area contributed by atoms with E-state index in [9.17, 15) is 4.79 Å². The molecule has 0 atom stereocenters. The van der Waals surface area contributed by atoms with E-state index in [1.807, 2.05) is 6.07 Å². The Morgan fingerprint density at radius 3 is 2.83 bits per heavy atom. The number of amides is 1. The lowest BCUT2D eigenvalue weighted by Gasteiger charge is -2.04. The smallest absolute Gasteiger partial charge is 0.230 e. The normalized spacial score (nSPS) is 10.1. The topological polar surface area (TPSA) is 67.8 Å². The lowest BCUT2D eigenvalue weighted by Crippen LogP contribution is -2.15. The van der Waals surface area contributed by atoms with Crippen LogP contribution < -0.4 is 5.32 Å². The van der Waals surface area contributed by atoms with Crippen molar-refractivity contribution < 1.29 is 4.79 Å². The summed E-state index contributed by atoms with van der Waals surface area (Å²) in [5.74, 6) is 0.0442. The number of anilines is 1. The van der Waals surface area contributed by atoms with Crippen LogP contribution in [0.5, 0.6) is 0 Å². The van der Waals surface area contributed by atoms with Gasteiger partial charge in [0.2, 0.25) is 11.2 Å². The van der Waals surface area contributed by atoms with Crippen LogP contribution in [0.3, 0.4) is 0 Å². The zero-order valence-electron chi connectivity index (χ0n) is 9.10. The Bertz CT molecular complexity index is 542. The second-order valence-electron chi connectivity index (χ2n) is 3.43. The molecule has 0 aliphatic heterocycles. The molecule has 1 N–H and O–H groups in total. The van der Waals surface area contributed by atoms with Crippen molar-refractivity contribution in [1.29, 1.82) is 0 Å². The Morgan fingerprint density at radius 2 is 2.17 bits per heavy atom. The van der Waals surface area contributed by atoms with E-state index < -0.39 is 0 Å². The predicted octanol–water partition coefficient (Wildman–Crippen LogP) is 2.36. The molecular formula is C11H8Cl2N4O. The zero-order chi connectivity index (χ0) is 13.0. The van der Waals surface area contributed by atoms with Gasteiger partial charge in [-0.3, -0.25) is 9.78 Å². The summed E-state index contributed by atoms with van der Waals surface area (Å²) in [6, 6.07) is 5.00. The van der Waals surface area contributed by atoms with E-state index in [0.717, 1.165) is 5.56 Å². The molecule has 18 heavy (non-hydrogen) atoms. The molecular weight excluding hydrogens is 275 g/mol. The van der Waals surface area contributed by atoms with E-state index in [0.29, 0.717) is 0 Å². The van der Waals surface area contributed by atoms with E-state index in [1.54, 1.807) is 18.5 Å². The molecule has 0 aromatic carbocycles. The van der Waals surface area contributed by atoms with Crippen LogP contribution in [0.2, 0.25) is 10.4 Å². The van der Waals surface area contributed by atoms with E-state index >= 15 is 0 Å². The molecule has 7 heteroatoms. The van der Waals surface area contributed by atoms with Crippen LogP contribution >= 0.6 is 23.2 Å². The third-order valence-electron chi connectivity index (χ3n) is 2.02. The maximum atomic E-state index is 11.7. The molecule has 2 aromatic heterocycles. The SMILES string of the molecule is O=C(Cc1cccnc1)Nc1cc(Cl)nc(Cl)n1. The Labute approximate surface area is 113 Å². The largest absolute Gasteiger partial charge is 0.310 e. The van der Waals surface area contributed by atoms with Gasteiger partial charge in [-0.25, -0.2) is 9.97 Å². The van der Waals surface area contributed by atoms with Crippen molar-refractivity contribution in [2.45, 2.75) is 6.42 Å². The highest BCUT2D eigenvalue weighted by Gasteiger charge is 2.07. The molecule has 0 bridgehead atoms. The van der Waals surface area contributed by atoms with Gasteiger partial charge in [0.05, 0.1) is 6.42 Å². The first-order chi connectivity index (χ1) is 8.63. The lowest BCUT2D eigenvalue weighted by atomic mass is 10.2. The highest BCUT2D eigenvalue weighted by atomic mass is 35.5. The van der Waals surface area contributed by atoms with E-state index in [4.69, 9.17) is 23.2 Å². The number of halogens is 2. The van der Waals surface area contributed by atoms with Crippen LogP contribution in [0.4, 0.5) is 5.82 Å². The lowest BCUT2D eigenvalue weighted by molar-refractivity contribution is -0.115. The number of nitrogens with zero attached hydrogens (tertiary/aromatic N) is 3. The van der Waals surface area contributed by atoms with Gasteiger partial charge in [-0.15, -0.1) is 0 Å². The molecule has 0 saturated heterocycles. The molecule has 0 aliphatic carbocycles. The molecule has 0 spiro atoms. The van der Waals surface area contributed by atoms with Gasteiger partial charge < -0.3 is 5.32 Å². The van der Waals surface area contributed by atoms with Gasteiger partial charge in [-0.05, 0) is 23.2 Å². The maximum Gasteiger partial charge on any atom is 0.230 e. The van der Waals surface area contributed by atoms with Crippen LogP contribution in [-0.4, -0.2) is 20.9 Å². The summed E-state index contributed by atoms with van der Waals surface area (Å²) in [6.45, 7) is 0. The van der Waals surface area contributed by atoms with Gasteiger partial charge >= 0.3 is 0 Å². The summed E-state index contributed by atoms with van der Waals surface area (Å²) >= 11 is 11.3. The monoisotopic (exact) mass is 282 g/mol. The summed E-state index contributed by atoms with van der Waals surface area (Å²) in [5, 5.41) is 2.74. The maximum absolute atomic E-state index is 11.7. The quantitative estimate of drug-likeness (QED) is 0.693. The molecule has 2 aromatic rings. The molecule has 2 heterocycles. The number of rotatable bonds is 3. The van der Waals surface area contributed by atoms with Gasteiger partial charge in [0.15, 0.2) is 0 Å². The summed E-state index contributed by atoms with van der Waals surface area (Å²) in [4.78, 5) is 23.2. The average Bonchev–Trinajstić information content (AvgIpc) is 2.28. The van der Waals surface area contributed by atoms with E-state index in [1.165, 1.54) is 6.07 Å². The van der Waals surface area contributed by atoms with Crippen molar-refractivity contribution in [2.75, 3.05) is 5.32 Å². The highest BCUT2D eigenvalue weighted by Crippen LogP contribution is 2.14. The summed E-state index contributed by atoms with van der Waals surface area (Å²) in [5.41, 5.74) is 0.807. The third kappa shape index (κ3) is 3.65. The molecule has 0 saturated carbocycles. The number of carbonyl (C=O) groups excluding carboxylic acids is 1. The molecule has 1 amide bonds. The van der Waals surface area contributed by atoms with Crippen LogP contribution in [0.15, 0.2) is 30.6 Å². The van der Waals surface area contributed by atoms with Crippen LogP contribution in [0, 0.1) is 0 Å². The Morgan fingerprint density at radius 1 is 1.33 bits per heavy atom. The number of aromatic nitrogens is 3. The van der Waals surface area contributed by atoms with Gasteiger partial charge in [0.25, 0.3) is 0 Å². The van der Waals surface area contributed by atoms with Crippen molar-refractivity contribution in [3.63, 3.8) is 0 Å².